The number of fused-ring (bicyclic) bond motifs is 3. The van der Waals surface area contributed by atoms with E-state index in [0.29, 0.717) is 13.0 Å². The number of carbonyl (C=O) groups excluding carboxylic acids is 1. The van der Waals surface area contributed by atoms with E-state index < -0.39 is 5.60 Å². The van der Waals surface area contributed by atoms with E-state index in [1.54, 1.807) is 6.08 Å². The van der Waals surface area contributed by atoms with Crippen LogP contribution < -0.4 is 0 Å². The number of hydrogen-bond acceptors (Lipinski definition) is 3. The number of carbonyl (C=O) groups is 1. The minimum absolute atomic E-state index is 0.0108. The molecule has 0 aromatic heterocycles. The maximum atomic E-state index is 13.0. The van der Waals surface area contributed by atoms with Crippen molar-refractivity contribution in [3.63, 3.8) is 0 Å². The molecule has 0 aromatic carbocycles. The maximum Gasteiger partial charge on any atom is 0.332 e. The van der Waals surface area contributed by atoms with Gasteiger partial charge in [-0.25, -0.2) is 4.79 Å². The van der Waals surface area contributed by atoms with Crippen molar-refractivity contribution in [1.29, 1.82) is 0 Å². The van der Waals surface area contributed by atoms with Gasteiger partial charge in [-0.05, 0) is 18.9 Å². The highest BCUT2D eigenvalue weighted by atomic mass is 16.6. The molecule has 17 heavy (non-hydrogen) atoms. The van der Waals surface area contributed by atoms with Crippen LogP contribution in [0, 0.1) is 5.21 Å². The summed E-state index contributed by atoms with van der Waals surface area (Å²) in [6.07, 6.45) is 9.14. The van der Waals surface area contributed by atoms with Crippen LogP contribution in [0.2, 0.25) is 0 Å². The van der Waals surface area contributed by atoms with Crippen molar-refractivity contribution in [3.8, 4) is 0 Å². The normalized spacial score (nSPS) is 50.6. The number of hydrogen-bond donors (Lipinski definition) is 0. The predicted molar refractivity (Wildman–Crippen MR) is 60.6 cm³/mol. The first-order chi connectivity index (χ1) is 8.15. The molecule has 4 atom stereocenters. The summed E-state index contributed by atoms with van der Waals surface area (Å²) >= 11 is 0. The summed E-state index contributed by atoms with van der Waals surface area (Å²) in [7, 11) is 0. The zero-order valence-corrected chi connectivity index (χ0v) is 9.59. The molecule has 3 heterocycles. The molecule has 4 nitrogen and oxygen atoms in total. The quantitative estimate of drug-likeness (QED) is 0.361. The molecule has 2 fully saturated rings. The number of hydroxylamine groups is 3. The molecule has 0 aromatic rings. The SMILES string of the molecule is O=C1C=C2C=C[C@@H]3C[C@@]2(O1)[C@H]1CCCC[N+]31[O-]. The summed E-state index contributed by atoms with van der Waals surface area (Å²) in [5.41, 5.74) is 0.347. The van der Waals surface area contributed by atoms with E-state index >= 15 is 0 Å². The highest BCUT2D eigenvalue weighted by Gasteiger charge is 2.66. The molecule has 90 valence electrons. The van der Waals surface area contributed by atoms with Crippen molar-refractivity contribution in [2.45, 2.75) is 43.4 Å². The summed E-state index contributed by atoms with van der Waals surface area (Å²) in [5, 5.41) is 13.0. The Kier molecular flexibility index (Phi) is 1.63. The van der Waals surface area contributed by atoms with Crippen LogP contribution in [0.25, 0.3) is 0 Å². The van der Waals surface area contributed by atoms with Crippen molar-refractivity contribution in [2.24, 2.45) is 0 Å². The number of esters is 1. The van der Waals surface area contributed by atoms with E-state index in [4.69, 9.17) is 4.74 Å². The zero-order valence-electron chi connectivity index (χ0n) is 9.59. The van der Waals surface area contributed by atoms with Gasteiger partial charge in [0.2, 0.25) is 0 Å². The van der Waals surface area contributed by atoms with Gasteiger partial charge in [0.1, 0.15) is 12.1 Å². The number of rotatable bonds is 0. The van der Waals surface area contributed by atoms with Crippen molar-refractivity contribution in [3.05, 3.63) is 29.0 Å². The van der Waals surface area contributed by atoms with Gasteiger partial charge in [0, 0.05) is 18.1 Å². The Bertz CT molecular complexity index is 469. The van der Waals surface area contributed by atoms with Crippen LogP contribution in [0.5, 0.6) is 0 Å². The molecule has 3 aliphatic heterocycles. The van der Waals surface area contributed by atoms with E-state index in [9.17, 15) is 10.0 Å². The molecule has 1 spiro atoms. The molecule has 1 aliphatic carbocycles. The van der Waals surface area contributed by atoms with Gasteiger partial charge < -0.3 is 14.6 Å². The zero-order chi connectivity index (χ0) is 11.7. The third-order valence-electron chi connectivity index (χ3n) is 4.92. The second-order valence-corrected chi connectivity index (χ2v) is 5.63. The van der Waals surface area contributed by atoms with Crippen molar-refractivity contribution in [2.75, 3.05) is 6.54 Å². The molecule has 2 saturated heterocycles. The fourth-order valence-corrected chi connectivity index (χ4v) is 4.21. The van der Waals surface area contributed by atoms with Gasteiger partial charge >= 0.3 is 5.97 Å². The van der Waals surface area contributed by atoms with Crippen LogP contribution in [-0.4, -0.2) is 34.8 Å². The standard InChI is InChI=1S/C13H15NO3/c15-12-7-9-4-5-10-8-13(9,17-12)11-3-1-2-6-14(10,11)16/h4-5,7,10-11H,1-3,6,8H2/t10-,11-,13+,14?/m1/s1. The highest BCUT2D eigenvalue weighted by molar-refractivity contribution is 5.88. The van der Waals surface area contributed by atoms with Gasteiger partial charge in [-0.15, -0.1) is 0 Å². The van der Waals surface area contributed by atoms with E-state index in [1.807, 2.05) is 12.2 Å². The lowest BCUT2D eigenvalue weighted by atomic mass is 9.80. The van der Waals surface area contributed by atoms with E-state index in [-0.39, 0.29) is 22.7 Å². The van der Waals surface area contributed by atoms with Crippen LogP contribution >= 0.6 is 0 Å². The van der Waals surface area contributed by atoms with Gasteiger partial charge in [0.05, 0.1) is 13.0 Å². The Morgan fingerprint density at radius 2 is 2.35 bits per heavy atom. The third kappa shape index (κ3) is 0.990. The molecule has 0 radical (unpaired) electrons. The average Bonchev–Trinajstić information content (AvgIpc) is 2.73. The van der Waals surface area contributed by atoms with E-state index in [0.717, 1.165) is 24.8 Å². The first-order valence-electron chi connectivity index (χ1n) is 6.37. The van der Waals surface area contributed by atoms with Gasteiger partial charge in [-0.1, -0.05) is 6.08 Å². The van der Waals surface area contributed by atoms with Crippen LogP contribution in [0.4, 0.5) is 0 Å². The molecular formula is C13H15NO3. The summed E-state index contributed by atoms with van der Waals surface area (Å²) in [5.74, 6) is -0.274. The van der Waals surface area contributed by atoms with Crippen LogP contribution in [-0.2, 0) is 9.53 Å². The highest BCUT2D eigenvalue weighted by Crippen LogP contribution is 2.54. The molecule has 4 aliphatic rings. The van der Waals surface area contributed by atoms with Gasteiger partial charge in [0.25, 0.3) is 0 Å². The van der Waals surface area contributed by atoms with Gasteiger partial charge in [-0.3, -0.25) is 0 Å². The molecule has 2 bridgehead atoms. The fourth-order valence-electron chi connectivity index (χ4n) is 4.21. The van der Waals surface area contributed by atoms with Crippen LogP contribution in [0.1, 0.15) is 25.7 Å². The number of piperidine rings is 1. The van der Waals surface area contributed by atoms with Crippen LogP contribution in [0.3, 0.4) is 0 Å². The van der Waals surface area contributed by atoms with E-state index in [2.05, 4.69) is 0 Å². The Morgan fingerprint density at radius 3 is 3.24 bits per heavy atom. The average molecular weight is 233 g/mol. The number of nitrogens with zero attached hydrogens (tertiary/aromatic N) is 1. The monoisotopic (exact) mass is 233 g/mol. The van der Waals surface area contributed by atoms with Gasteiger partial charge in [-0.2, -0.15) is 0 Å². The first kappa shape index (κ1) is 9.85. The molecular weight excluding hydrogens is 218 g/mol. The second-order valence-electron chi connectivity index (χ2n) is 5.63. The Morgan fingerprint density at radius 1 is 1.47 bits per heavy atom. The maximum absolute atomic E-state index is 13.0. The fraction of sp³-hybridized carbons (Fsp3) is 0.615. The first-order valence-corrected chi connectivity index (χ1v) is 6.37. The van der Waals surface area contributed by atoms with Crippen molar-refractivity contribution in [1.82, 2.24) is 0 Å². The predicted octanol–water partition coefficient (Wildman–Crippen LogP) is 1.42. The van der Waals surface area contributed by atoms with E-state index in [1.165, 1.54) is 0 Å². The van der Waals surface area contributed by atoms with Crippen molar-refractivity contribution < 1.29 is 14.2 Å². The number of quaternary nitrogens is 1. The lowest BCUT2D eigenvalue weighted by Gasteiger charge is -2.51. The minimum Gasteiger partial charge on any atom is -0.632 e. The summed E-state index contributed by atoms with van der Waals surface area (Å²) < 4.78 is 5.41. The Balaban J connectivity index is 1.89. The van der Waals surface area contributed by atoms with Crippen molar-refractivity contribution >= 4 is 5.97 Å². The van der Waals surface area contributed by atoms with Crippen LogP contribution in [0.15, 0.2) is 23.8 Å². The Labute approximate surface area is 99.7 Å². The Hall–Kier alpha value is -1.13. The summed E-state index contributed by atoms with van der Waals surface area (Å²) in [6, 6.07) is -0.0858. The molecule has 0 N–H and O–H groups in total. The largest absolute Gasteiger partial charge is 0.632 e. The second kappa shape index (κ2) is 2.82. The molecule has 1 unspecified atom stereocenters. The lowest BCUT2D eigenvalue weighted by Crippen LogP contribution is -2.58. The topological polar surface area (TPSA) is 49.4 Å². The third-order valence-corrected chi connectivity index (χ3v) is 4.92. The molecule has 4 rings (SSSR count). The van der Waals surface area contributed by atoms with Gasteiger partial charge in [0.15, 0.2) is 5.60 Å². The lowest BCUT2D eigenvalue weighted by molar-refractivity contribution is -0.916. The minimum atomic E-state index is -0.585. The summed E-state index contributed by atoms with van der Waals surface area (Å²) in [4.78, 5) is 11.5. The smallest absolute Gasteiger partial charge is 0.332 e. The molecule has 4 heteroatoms. The molecule has 0 amide bonds. The molecule has 0 saturated carbocycles. The summed E-state index contributed by atoms with van der Waals surface area (Å²) in [6.45, 7) is 0.673. The number of ether oxygens (including phenoxy) is 1.